The quantitative estimate of drug-likeness (QED) is 0.439. The Hall–Kier alpha value is -3.08. The van der Waals surface area contributed by atoms with Gasteiger partial charge in [0.05, 0.1) is 12.7 Å². The van der Waals surface area contributed by atoms with Crippen LogP contribution >= 0.6 is 0 Å². The Balaban J connectivity index is 1.89. The normalized spacial score (nSPS) is 11.8. The van der Waals surface area contributed by atoms with E-state index in [0.29, 0.717) is 11.3 Å². The Morgan fingerprint density at radius 3 is 2.38 bits per heavy atom. The van der Waals surface area contributed by atoms with Gasteiger partial charge >= 0.3 is 6.18 Å². The molecule has 2 nitrogen and oxygen atoms in total. The number of benzene rings is 3. The fraction of sp³-hybridized carbons (Fsp3) is 0.0952. The van der Waals surface area contributed by atoms with Crippen LogP contribution in [0.1, 0.15) is 21.5 Å². The summed E-state index contributed by atoms with van der Waals surface area (Å²) in [6, 6.07) is 15.7. The summed E-state index contributed by atoms with van der Waals surface area (Å²) in [5, 5.41) is 1.76. The average molecular weight is 356 g/mol. The highest BCUT2D eigenvalue weighted by Crippen LogP contribution is 2.32. The summed E-state index contributed by atoms with van der Waals surface area (Å²) in [6.45, 7) is 0. The smallest absolute Gasteiger partial charge is 0.416 e. The molecule has 5 heteroatoms. The Kier molecular flexibility index (Phi) is 4.80. The van der Waals surface area contributed by atoms with Gasteiger partial charge in [0.25, 0.3) is 0 Å². The molecule has 0 aliphatic carbocycles. The number of ketones is 1. The van der Waals surface area contributed by atoms with Crippen molar-refractivity contribution in [1.82, 2.24) is 0 Å². The molecule has 0 unspecified atom stereocenters. The minimum absolute atomic E-state index is 0.0427. The summed E-state index contributed by atoms with van der Waals surface area (Å²) in [6.07, 6.45) is -2.11. The second-order valence-electron chi connectivity index (χ2n) is 5.71. The van der Waals surface area contributed by atoms with Crippen molar-refractivity contribution in [3.05, 3.63) is 83.4 Å². The van der Waals surface area contributed by atoms with E-state index in [1.165, 1.54) is 24.3 Å². The maximum atomic E-state index is 13.0. The molecule has 0 radical (unpaired) electrons. The van der Waals surface area contributed by atoms with Crippen LogP contribution in [-0.2, 0) is 6.18 Å². The summed E-state index contributed by atoms with van der Waals surface area (Å²) >= 11 is 0. The molecule has 0 saturated carbocycles. The van der Waals surface area contributed by atoms with Gasteiger partial charge in [-0.3, -0.25) is 4.79 Å². The van der Waals surface area contributed by atoms with E-state index >= 15 is 0 Å². The van der Waals surface area contributed by atoms with Crippen LogP contribution in [0.15, 0.2) is 66.7 Å². The van der Waals surface area contributed by atoms with E-state index in [4.69, 9.17) is 4.74 Å². The Morgan fingerprint density at radius 1 is 0.962 bits per heavy atom. The Bertz CT molecular complexity index is 988. The van der Waals surface area contributed by atoms with Crippen molar-refractivity contribution in [2.75, 3.05) is 7.11 Å². The van der Waals surface area contributed by atoms with Gasteiger partial charge in [-0.2, -0.15) is 13.2 Å². The first-order chi connectivity index (χ1) is 12.4. The predicted octanol–water partition coefficient (Wildman–Crippen LogP) is 5.76. The minimum Gasteiger partial charge on any atom is -0.497 e. The summed E-state index contributed by atoms with van der Waals surface area (Å²) in [4.78, 5) is 12.4. The van der Waals surface area contributed by atoms with Gasteiger partial charge in [-0.05, 0) is 46.7 Å². The zero-order valence-corrected chi connectivity index (χ0v) is 13.9. The number of rotatable bonds is 4. The van der Waals surface area contributed by atoms with Crippen LogP contribution in [0, 0.1) is 0 Å². The molecule has 0 heterocycles. The molecule has 0 aromatic heterocycles. The lowest BCUT2D eigenvalue weighted by atomic mass is 10.0. The van der Waals surface area contributed by atoms with Gasteiger partial charge in [-0.15, -0.1) is 0 Å². The van der Waals surface area contributed by atoms with Crippen molar-refractivity contribution in [2.24, 2.45) is 0 Å². The molecule has 0 saturated heterocycles. The summed E-state index contributed by atoms with van der Waals surface area (Å²) < 4.78 is 44.2. The highest BCUT2D eigenvalue weighted by Gasteiger charge is 2.32. The number of hydrogen-bond donors (Lipinski definition) is 0. The topological polar surface area (TPSA) is 26.3 Å². The lowest BCUT2D eigenvalue weighted by Gasteiger charge is -2.09. The number of carbonyl (C=O) groups excluding carboxylic acids is 1. The minimum atomic E-state index is -4.47. The zero-order chi connectivity index (χ0) is 18.7. The fourth-order valence-electron chi connectivity index (χ4n) is 2.67. The molecule has 0 atom stereocenters. The van der Waals surface area contributed by atoms with Gasteiger partial charge < -0.3 is 4.74 Å². The van der Waals surface area contributed by atoms with Gasteiger partial charge in [0, 0.05) is 5.56 Å². The molecule has 0 bridgehead atoms. The number of allylic oxidation sites excluding steroid dienone is 1. The Morgan fingerprint density at radius 2 is 1.65 bits per heavy atom. The summed E-state index contributed by atoms with van der Waals surface area (Å²) in [5.41, 5.74) is -0.406. The van der Waals surface area contributed by atoms with Gasteiger partial charge in [-0.25, -0.2) is 0 Å². The monoisotopic (exact) mass is 356 g/mol. The highest BCUT2D eigenvalue weighted by molar-refractivity contribution is 6.08. The van der Waals surface area contributed by atoms with Gasteiger partial charge in [0.15, 0.2) is 5.78 Å². The average Bonchev–Trinajstić information content (AvgIpc) is 2.64. The molecule has 26 heavy (non-hydrogen) atoms. The standard InChI is InChI=1S/C21H15F3O2/c1-26-18-10-8-15-12-17(7-6-16(15)13-18)20(25)11-9-14-4-2-3-5-19(14)21(22,23)24/h2-13H,1H3/b11-9+. The third-order valence-corrected chi connectivity index (χ3v) is 4.01. The van der Waals surface area contributed by atoms with E-state index in [-0.39, 0.29) is 11.3 Å². The molecule has 3 rings (SSSR count). The number of fused-ring (bicyclic) bond motifs is 1. The van der Waals surface area contributed by atoms with E-state index in [9.17, 15) is 18.0 Å². The molecule has 0 fully saturated rings. The maximum absolute atomic E-state index is 13.0. The van der Waals surface area contributed by atoms with Crippen LogP contribution < -0.4 is 4.74 Å². The second kappa shape index (κ2) is 7.04. The number of alkyl halides is 3. The molecule has 3 aromatic carbocycles. The van der Waals surface area contributed by atoms with Gasteiger partial charge in [-0.1, -0.05) is 42.5 Å². The molecular weight excluding hydrogens is 341 g/mol. The van der Waals surface area contributed by atoms with Crippen molar-refractivity contribution >= 4 is 22.6 Å². The number of methoxy groups -OCH3 is 1. The van der Waals surface area contributed by atoms with E-state index in [1.807, 2.05) is 12.1 Å². The summed E-state index contributed by atoms with van der Waals surface area (Å²) in [5.74, 6) is 0.347. The number of halogens is 3. The first-order valence-electron chi connectivity index (χ1n) is 7.85. The van der Waals surface area contributed by atoms with Crippen LogP contribution in [-0.4, -0.2) is 12.9 Å². The van der Waals surface area contributed by atoms with Crippen LogP contribution in [0.4, 0.5) is 13.2 Å². The SMILES string of the molecule is COc1ccc2cc(C(=O)/C=C/c3ccccc3C(F)(F)F)ccc2c1. The van der Waals surface area contributed by atoms with Crippen molar-refractivity contribution in [3.63, 3.8) is 0 Å². The molecule has 0 N–H and O–H groups in total. The number of carbonyl (C=O) groups is 1. The third kappa shape index (κ3) is 3.77. The van der Waals surface area contributed by atoms with Gasteiger partial charge in [0.2, 0.25) is 0 Å². The maximum Gasteiger partial charge on any atom is 0.416 e. The molecule has 132 valence electrons. The van der Waals surface area contributed by atoms with Crippen LogP contribution in [0.5, 0.6) is 5.75 Å². The van der Waals surface area contributed by atoms with Crippen LogP contribution in [0.2, 0.25) is 0 Å². The second-order valence-corrected chi connectivity index (χ2v) is 5.71. The molecular formula is C21H15F3O2. The molecule has 0 aliphatic heterocycles. The van der Waals surface area contributed by atoms with Crippen LogP contribution in [0.25, 0.3) is 16.8 Å². The van der Waals surface area contributed by atoms with Crippen molar-refractivity contribution in [1.29, 1.82) is 0 Å². The van der Waals surface area contributed by atoms with Crippen LogP contribution in [0.3, 0.4) is 0 Å². The lowest BCUT2D eigenvalue weighted by molar-refractivity contribution is -0.137. The molecule has 0 spiro atoms. The van der Waals surface area contributed by atoms with Crippen molar-refractivity contribution < 1.29 is 22.7 Å². The fourth-order valence-corrected chi connectivity index (χ4v) is 2.67. The van der Waals surface area contributed by atoms with Gasteiger partial charge in [0.1, 0.15) is 5.75 Å². The Labute approximate surface area is 148 Å². The van der Waals surface area contributed by atoms with Crippen molar-refractivity contribution in [3.8, 4) is 5.75 Å². The third-order valence-electron chi connectivity index (χ3n) is 4.01. The first kappa shape index (κ1) is 17.7. The van der Waals surface area contributed by atoms with E-state index in [0.717, 1.165) is 22.9 Å². The largest absolute Gasteiger partial charge is 0.497 e. The predicted molar refractivity (Wildman–Crippen MR) is 95.3 cm³/mol. The van der Waals surface area contributed by atoms with Crippen molar-refractivity contribution in [2.45, 2.75) is 6.18 Å². The lowest BCUT2D eigenvalue weighted by Crippen LogP contribution is -2.07. The number of hydrogen-bond acceptors (Lipinski definition) is 2. The van der Waals surface area contributed by atoms with E-state index < -0.39 is 11.7 Å². The number of ether oxygens (including phenoxy) is 1. The molecule has 0 amide bonds. The molecule has 0 aliphatic rings. The first-order valence-corrected chi connectivity index (χ1v) is 7.85. The molecule has 3 aromatic rings. The highest BCUT2D eigenvalue weighted by atomic mass is 19.4. The zero-order valence-electron chi connectivity index (χ0n) is 13.9. The summed E-state index contributed by atoms with van der Waals surface area (Å²) in [7, 11) is 1.57. The van der Waals surface area contributed by atoms with E-state index in [1.54, 1.807) is 31.4 Å². The van der Waals surface area contributed by atoms with E-state index in [2.05, 4.69) is 0 Å².